The molecule has 1 fully saturated rings. The second-order valence-electron chi connectivity index (χ2n) is 5.87. The predicted octanol–water partition coefficient (Wildman–Crippen LogP) is 3.67. The fourth-order valence-corrected chi connectivity index (χ4v) is 2.34. The molecule has 1 rings (SSSR count). The lowest BCUT2D eigenvalue weighted by Gasteiger charge is -2.40. The summed E-state index contributed by atoms with van der Waals surface area (Å²) in [6.07, 6.45) is 3.01. The van der Waals surface area contributed by atoms with E-state index in [1.54, 1.807) is 0 Å². The van der Waals surface area contributed by atoms with Gasteiger partial charge in [-0.25, -0.2) is 0 Å². The van der Waals surface area contributed by atoms with Gasteiger partial charge >= 0.3 is 0 Å². The van der Waals surface area contributed by atoms with Crippen molar-refractivity contribution < 1.29 is 4.79 Å². The van der Waals surface area contributed by atoms with Gasteiger partial charge in [0.05, 0.1) is 0 Å². The largest absolute Gasteiger partial charge is 0.299 e. The molecule has 1 nitrogen and oxygen atoms in total. The summed E-state index contributed by atoms with van der Waals surface area (Å²) in [6, 6.07) is 0. The minimum atomic E-state index is 0.172. The van der Waals surface area contributed by atoms with Gasteiger partial charge < -0.3 is 0 Å². The molecule has 1 heteroatoms. The van der Waals surface area contributed by atoms with Crippen molar-refractivity contribution in [3.05, 3.63) is 0 Å². The van der Waals surface area contributed by atoms with Gasteiger partial charge in [-0.1, -0.05) is 34.6 Å². The van der Waals surface area contributed by atoms with Crippen LogP contribution in [0, 0.1) is 23.2 Å². The average molecular weight is 196 g/mol. The van der Waals surface area contributed by atoms with E-state index in [0.717, 1.165) is 25.2 Å². The number of hydrogen-bond acceptors (Lipinski definition) is 1. The molecule has 0 amide bonds. The van der Waals surface area contributed by atoms with Crippen molar-refractivity contribution >= 4 is 5.78 Å². The van der Waals surface area contributed by atoms with Crippen molar-refractivity contribution in [1.29, 1.82) is 0 Å². The molecule has 0 spiro atoms. The number of carbonyl (C=O) groups excluding carboxylic acids is 1. The lowest BCUT2D eigenvalue weighted by molar-refractivity contribution is -0.131. The first-order valence-corrected chi connectivity index (χ1v) is 5.88. The minimum absolute atomic E-state index is 0.172. The molecule has 0 unspecified atom stereocenters. The van der Waals surface area contributed by atoms with Gasteiger partial charge in [0.15, 0.2) is 0 Å². The molecule has 0 saturated heterocycles. The highest BCUT2D eigenvalue weighted by Gasteiger charge is 2.39. The Kier molecular flexibility index (Phi) is 3.39. The summed E-state index contributed by atoms with van der Waals surface area (Å²) in [6.45, 7) is 11.2. The van der Waals surface area contributed by atoms with Gasteiger partial charge in [-0.2, -0.15) is 0 Å². The summed E-state index contributed by atoms with van der Waals surface area (Å²) in [5.74, 6) is 2.12. The summed E-state index contributed by atoms with van der Waals surface area (Å²) in [5, 5.41) is 0. The van der Waals surface area contributed by atoms with Crippen molar-refractivity contribution in [2.75, 3.05) is 0 Å². The van der Waals surface area contributed by atoms with Gasteiger partial charge in [-0.3, -0.25) is 4.79 Å². The maximum atomic E-state index is 11.9. The summed E-state index contributed by atoms with van der Waals surface area (Å²) in [4.78, 5) is 11.9. The van der Waals surface area contributed by atoms with Gasteiger partial charge in [-0.15, -0.1) is 0 Å². The number of ketones is 1. The predicted molar refractivity (Wildman–Crippen MR) is 60.1 cm³/mol. The number of carbonyl (C=O) groups is 1. The maximum Gasteiger partial charge on any atom is 0.136 e. The van der Waals surface area contributed by atoms with E-state index in [4.69, 9.17) is 0 Å². The summed E-state index contributed by atoms with van der Waals surface area (Å²) < 4.78 is 0. The first kappa shape index (κ1) is 11.7. The van der Waals surface area contributed by atoms with Gasteiger partial charge in [-0.05, 0) is 30.1 Å². The quantitative estimate of drug-likeness (QED) is 0.658. The van der Waals surface area contributed by atoms with Crippen molar-refractivity contribution in [1.82, 2.24) is 0 Å². The Hall–Kier alpha value is -0.330. The van der Waals surface area contributed by atoms with Crippen LogP contribution in [0.5, 0.6) is 0 Å². The zero-order valence-corrected chi connectivity index (χ0v) is 10.3. The molecule has 82 valence electrons. The molecule has 0 bridgehead atoms. The lowest BCUT2D eigenvalue weighted by Crippen LogP contribution is -2.38. The molecule has 0 N–H and O–H groups in total. The third-order valence-electron chi connectivity index (χ3n) is 4.30. The van der Waals surface area contributed by atoms with Crippen LogP contribution in [0.3, 0.4) is 0 Å². The average Bonchev–Trinajstić information content (AvgIpc) is 2.08. The van der Waals surface area contributed by atoms with E-state index in [1.165, 1.54) is 0 Å². The molecule has 14 heavy (non-hydrogen) atoms. The summed E-state index contributed by atoms with van der Waals surface area (Å²) in [5.41, 5.74) is 0.172. The monoisotopic (exact) mass is 196 g/mol. The highest BCUT2D eigenvalue weighted by Crippen LogP contribution is 2.42. The highest BCUT2D eigenvalue weighted by molar-refractivity contribution is 5.82. The summed E-state index contributed by atoms with van der Waals surface area (Å²) in [7, 11) is 0. The molecular formula is C13H24O. The van der Waals surface area contributed by atoms with E-state index in [1.807, 2.05) is 0 Å². The minimum Gasteiger partial charge on any atom is -0.299 e. The summed E-state index contributed by atoms with van der Waals surface area (Å²) >= 11 is 0. The molecule has 0 aromatic heterocycles. The molecule has 2 atom stereocenters. The third kappa shape index (κ3) is 2.18. The van der Waals surface area contributed by atoms with Crippen LogP contribution in [0.2, 0.25) is 0 Å². The second kappa shape index (κ2) is 4.04. The van der Waals surface area contributed by atoms with Crippen molar-refractivity contribution in [2.24, 2.45) is 23.2 Å². The van der Waals surface area contributed by atoms with Crippen molar-refractivity contribution in [3.8, 4) is 0 Å². The SMILES string of the molecule is CC(C)C(C)(C)[C@@H]1C[C@H](C)CCC1=O. The zero-order valence-electron chi connectivity index (χ0n) is 10.3. The Morgan fingerprint density at radius 2 is 1.93 bits per heavy atom. The van der Waals surface area contributed by atoms with Crippen molar-refractivity contribution in [2.45, 2.75) is 53.9 Å². The lowest BCUT2D eigenvalue weighted by atomic mass is 9.63. The Balaban J connectivity index is 2.78. The Morgan fingerprint density at radius 1 is 1.36 bits per heavy atom. The third-order valence-corrected chi connectivity index (χ3v) is 4.30. The van der Waals surface area contributed by atoms with Crippen LogP contribution in [0.25, 0.3) is 0 Å². The van der Waals surface area contributed by atoms with Crippen LogP contribution in [0.1, 0.15) is 53.9 Å². The Morgan fingerprint density at radius 3 is 2.43 bits per heavy atom. The fourth-order valence-electron chi connectivity index (χ4n) is 2.34. The van der Waals surface area contributed by atoms with Crippen molar-refractivity contribution in [3.63, 3.8) is 0 Å². The number of hydrogen-bond donors (Lipinski definition) is 0. The van der Waals surface area contributed by atoms with E-state index in [9.17, 15) is 4.79 Å². The van der Waals surface area contributed by atoms with Gasteiger partial charge in [0.1, 0.15) is 5.78 Å². The van der Waals surface area contributed by atoms with E-state index in [0.29, 0.717) is 17.6 Å². The first-order valence-electron chi connectivity index (χ1n) is 5.88. The van der Waals surface area contributed by atoms with Crippen LogP contribution in [-0.4, -0.2) is 5.78 Å². The normalized spacial score (nSPS) is 29.7. The van der Waals surface area contributed by atoms with Crippen LogP contribution < -0.4 is 0 Å². The highest BCUT2D eigenvalue weighted by atomic mass is 16.1. The molecule has 0 aromatic carbocycles. The van der Waals surface area contributed by atoms with E-state index >= 15 is 0 Å². The molecular weight excluding hydrogens is 172 g/mol. The Labute approximate surface area is 88.3 Å². The molecule has 1 saturated carbocycles. The van der Waals surface area contributed by atoms with E-state index in [-0.39, 0.29) is 5.41 Å². The zero-order chi connectivity index (χ0) is 10.9. The molecule has 0 aromatic rings. The first-order chi connectivity index (χ1) is 6.35. The maximum absolute atomic E-state index is 11.9. The van der Waals surface area contributed by atoms with Crippen LogP contribution in [-0.2, 0) is 4.79 Å². The van der Waals surface area contributed by atoms with Gasteiger partial charge in [0.25, 0.3) is 0 Å². The topological polar surface area (TPSA) is 17.1 Å². The fraction of sp³-hybridized carbons (Fsp3) is 0.923. The van der Waals surface area contributed by atoms with Crippen LogP contribution in [0.15, 0.2) is 0 Å². The molecule has 0 aliphatic heterocycles. The molecule has 0 heterocycles. The van der Waals surface area contributed by atoms with Crippen LogP contribution >= 0.6 is 0 Å². The van der Waals surface area contributed by atoms with E-state index in [2.05, 4.69) is 34.6 Å². The number of rotatable bonds is 2. The Bertz CT molecular complexity index is 215. The van der Waals surface area contributed by atoms with Crippen LogP contribution in [0.4, 0.5) is 0 Å². The molecule has 1 aliphatic rings. The molecule has 0 radical (unpaired) electrons. The smallest absolute Gasteiger partial charge is 0.136 e. The standard InChI is InChI=1S/C13H24O/c1-9(2)13(4,5)11-8-10(3)6-7-12(11)14/h9-11H,6-8H2,1-5H3/t10-,11-/m1/s1. The van der Waals surface area contributed by atoms with Gasteiger partial charge in [0.2, 0.25) is 0 Å². The molecule has 1 aliphatic carbocycles. The second-order valence-corrected chi connectivity index (χ2v) is 5.87. The van der Waals surface area contributed by atoms with Gasteiger partial charge in [0, 0.05) is 12.3 Å². The number of Topliss-reactive ketones (excluding diaryl/α,β-unsaturated/α-hetero) is 1. The van der Waals surface area contributed by atoms with E-state index < -0.39 is 0 Å².